The maximum Gasteiger partial charge on any atom is 0.410 e. The average molecular weight is 490 g/mol. The molecular weight excluding hydrogens is 464 g/mol. The molecule has 6 rings (SSSR count). The number of piperidine rings is 1. The summed E-state index contributed by atoms with van der Waals surface area (Å²) in [5, 5.41) is 4.89. The Kier molecular flexibility index (Phi) is 5.62. The fraction of sp³-hybridized carbons (Fsp3) is 0.333. The third kappa shape index (κ3) is 3.61. The van der Waals surface area contributed by atoms with Gasteiger partial charge in [-0.3, -0.25) is 4.98 Å². The summed E-state index contributed by atoms with van der Waals surface area (Å²) in [5.41, 5.74) is 3.19. The zero-order chi connectivity index (χ0) is 24.8. The lowest BCUT2D eigenvalue weighted by Gasteiger charge is -2.38. The van der Waals surface area contributed by atoms with Gasteiger partial charge in [0.05, 0.1) is 12.2 Å². The standard InChI is InChI=1S/C27H25F2N5O2/c1-2-36-27(35)33-18-6-7-19(33)15-17(14-18)22-10-13-31-26-23(20-4-3-5-21(28)24(20)29)25(32-34(22)26)16-8-11-30-12-9-16/h3-5,8-13,17-19H,2,6-7,14-15H2,1H3. The number of aromatic nitrogens is 4. The van der Waals surface area contributed by atoms with E-state index in [1.807, 2.05) is 17.9 Å². The van der Waals surface area contributed by atoms with Crippen LogP contribution in [-0.4, -0.2) is 49.3 Å². The monoisotopic (exact) mass is 489 g/mol. The zero-order valence-corrected chi connectivity index (χ0v) is 19.8. The van der Waals surface area contributed by atoms with E-state index in [-0.39, 0.29) is 29.7 Å². The Labute approximate surface area is 206 Å². The van der Waals surface area contributed by atoms with E-state index >= 15 is 4.39 Å². The number of benzene rings is 1. The number of pyridine rings is 1. The Hall–Kier alpha value is -3.88. The number of amides is 1. The van der Waals surface area contributed by atoms with Gasteiger partial charge < -0.3 is 9.64 Å². The number of carbonyl (C=O) groups excluding carboxylic acids is 1. The van der Waals surface area contributed by atoms with Crippen molar-refractivity contribution in [1.29, 1.82) is 0 Å². The van der Waals surface area contributed by atoms with E-state index in [1.165, 1.54) is 6.07 Å². The molecule has 7 nitrogen and oxygen atoms in total. The van der Waals surface area contributed by atoms with Crippen molar-refractivity contribution in [1.82, 2.24) is 24.5 Å². The predicted octanol–water partition coefficient (Wildman–Crippen LogP) is 5.60. The number of halogens is 2. The van der Waals surface area contributed by atoms with Gasteiger partial charge >= 0.3 is 6.09 Å². The Morgan fingerprint density at radius 2 is 1.81 bits per heavy atom. The second-order valence-electron chi connectivity index (χ2n) is 9.33. The summed E-state index contributed by atoms with van der Waals surface area (Å²) in [6.45, 7) is 2.17. The minimum atomic E-state index is -0.935. The summed E-state index contributed by atoms with van der Waals surface area (Å²) in [5.74, 6) is -1.73. The number of carbonyl (C=O) groups is 1. The fourth-order valence-electron chi connectivity index (χ4n) is 5.84. The van der Waals surface area contributed by atoms with Gasteiger partial charge in [-0.15, -0.1) is 0 Å². The molecule has 0 saturated carbocycles. The lowest BCUT2D eigenvalue weighted by atomic mass is 9.88. The van der Waals surface area contributed by atoms with E-state index in [0.717, 1.165) is 43.0 Å². The molecule has 2 unspecified atom stereocenters. The Morgan fingerprint density at radius 3 is 2.53 bits per heavy atom. The highest BCUT2D eigenvalue weighted by Crippen LogP contribution is 2.44. The summed E-state index contributed by atoms with van der Waals surface area (Å²) >= 11 is 0. The molecule has 4 aromatic rings. The molecule has 36 heavy (non-hydrogen) atoms. The summed E-state index contributed by atoms with van der Waals surface area (Å²) in [7, 11) is 0. The van der Waals surface area contributed by atoms with E-state index < -0.39 is 11.6 Å². The van der Waals surface area contributed by atoms with Gasteiger partial charge in [0, 0.05) is 53.4 Å². The number of fused-ring (bicyclic) bond motifs is 3. The first kappa shape index (κ1) is 22.6. The van der Waals surface area contributed by atoms with Crippen LogP contribution < -0.4 is 0 Å². The highest BCUT2D eigenvalue weighted by molar-refractivity contribution is 5.90. The van der Waals surface area contributed by atoms with Crippen molar-refractivity contribution >= 4 is 11.7 Å². The molecule has 3 aromatic heterocycles. The molecule has 2 aliphatic rings. The molecule has 5 heterocycles. The summed E-state index contributed by atoms with van der Waals surface area (Å²) < 4.78 is 36.3. The molecule has 2 fully saturated rings. The van der Waals surface area contributed by atoms with Crippen molar-refractivity contribution in [3.05, 3.63) is 72.3 Å². The second kappa shape index (κ2) is 8.96. The summed E-state index contributed by atoms with van der Waals surface area (Å²) in [6, 6.07) is 9.86. The smallest absolute Gasteiger partial charge is 0.410 e. The molecule has 2 saturated heterocycles. The lowest BCUT2D eigenvalue weighted by Crippen LogP contribution is -2.46. The maximum absolute atomic E-state index is 15.0. The summed E-state index contributed by atoms with van der Waals surface area (Å²) in [4.78, 5) is 23.1. The van der Waals surface area contributed by atoms with Crippen LogP contribution in [0.2, 0.25) is 0 Å². The molecule has 2 aliphatic heterocycles. The topological polar surface area (TPSA) is 72.6 Å². The van der Waals surface area contributed by atoms with Crippen molar-refractivity contribution < 1.29 is 18.3 Å². The molecule has 0 aliphatic carbocycles. The molecule has 0 spiro atoms. The van der Waals surface area contributed by atoms with Gasteiger partial charge in [0.1, 0.15) is 5.69 Å². The van der Waals surface area contributed by atoms with E-state index in [9.17, 15) is 9.18 Å². The van der Waals surface area contributed by atoms with Crippen LogP contribution in [0.4, 0.5) is 13.6 Å². The molecule has 184 valence electrons. The first-order chi connectivity index (χ1) is 17.6. The Balaban J connectivity index is 1.48. The van der Waals surface area contributed by atoms with Crippen LogP contribution in [0.25, 0.3) is 28.0 Å². The van der Waals surface area contributed by atoms with Crippen molar-refractivity contribution in [3.8, 4) is 22.4 Å². The molecular formula is C27H25F2N5O2. The highest BCUT2D eigenvalue weighted by atomic mass is 19.2. The number of ether oxygens (including phenoxy) is 1. The van der Waals surface area contributed by atoms with Gasteiger partial charge in [-0.05, 0) is 56.9 Å². The molecule has 1 amide bonds. The normalized spacial score (nSPS) is 21.2. The van der Waals surface area contributed by atoms with Crippen LogP contribution >= 0.6 is 0 Å². The Bertz CT molecular complexity index is 1430. The number of rotatable bonds is 4. The van der Waals surface area contributed by atoms with E-state index in [4.69, 9.17) is 9.84 Å². The lowest BCUT2D eigenvalue weighted by molar-refractivity contribution is 0.0685. The first-order valence-corrected chi connectivity index (χ1v) is 12.2. The van der Waals surface area contributed by atoms with Crippen molar-refractivity contribution in [2.24, 2.45) is 0 Å². The fourth-order valence-corrected chi connectivity index (χ4v) is 5.84. The molecule has 2 bridgehead atoms. The van der Waals surface area contributed by atoms with Crippen LogP contribution in [0, 0.1) is 11.6 Å². The quantitative estimate of drug-likeness (QED) is 0.373. The number of hydrogen-bond donors (Lipinski definition) is 0. The van der Waals surface area contributed by atoms with Crippen molar-refractivity contribution in [2.45, 2.75) is 50.6 Å². The molecule has 1 aromatic carbocycles. The van der Waals surface area contributed by atoms with Crippen LogP contribution in [0.5, 0.6) is 0 Å². The highest BCUT2D eigenvalue weighted by Gasteiger charge is 2.45. The minimum absolute atomic E-state index is 0.103. The third-order valence-corrected chi connectivity index (χ3v) is 7.35. The van der Waals surface area contributed by atoms with Gasteiger partial charge in [-0.25, -0.2) is 23.1 Å². The van der Waals surface area contributed by atoms with E-state index in [0.29, 0.717) is 23.5 Å². The largest absolute Gasteiger partial charge is 0.450 e. The zero-order valence-electron chi connectivity index (χ0n) is 19.8. The van der Waals surface area contributed by atoms with Gasteiger partial charge in [0.2, 0.25) is 0 Å². The van der Waals surface area contributed by atoms with Crippen LogP contribution in [0.15, 0.2) is 55.0 Å². The van der Waals surface area contributed by atoms with Crippen molar-refractivity contribution in [2.75, 3.05) is 6.61 Å². The maximum atomic E-state index is 15.0. The van der Waals surface area contributed by atoms with Crippen LogP contribution in [0.3, 0.4) is 0 Å². The SMILES string of the molecule is CCOC(=O)N1C2CCC1CC(c1ccnc3c(-c4cccc(F)c4F)c(-c4ccncc4)nn13)C2. The number of nitrogens with zero attached hydrogens (tertiary/aromatic N) is 5. The van der Waals surface area contributed by atoms with Crippen molar-refractivity contribution in [3.63, 3.8) is 0 Å². The van der Waals surface area contributed by atoms with Gasteiger partial charge in [-0.2, -0.15) is 5.10 Å². The molecule has 2 atom stereocenters. The number of hydrogen-bond acceptors (Lipinski definition) is 5. The summed E-state index contributed by atoms with van der Waals surface area (Å²) in [6.07, 6.45) is 8.18. The molecule has 0 N–H and O–H groups in total. The minimum Gasteiger partial charge on any atom is -0.450 e. The van der Waals surface area contributed by atoms with Crippen LogP contribution in [-0.2, 0) is 4.74 Å². The average Bonchev–Trinajstić information content (AvgIpc) is 3.41. The first-order valence-electron chi connectivity index (χ1n) is 12.2. The van der Waals surface area contributed by atoms with Crippen LogP contribution in [0.1, 0.15) is 44.2 Å². The van der Waals surface area contributed by atoms with Gasteiger partial charge in [0.25, 0.3) is 0 Å². The predicted molar refractivity (Wildman–Crippen MR) is 129 cm³/mol. The molecule has 0 radical (unpaired) electrons. The second-order valence-corrected chi connectivity index (χ2v) is 9.33. The molecule has 9 heteroatoms. The van der Waals surface area contributed by atoms with Gasteiger partial charge in [-0.1, -0.05) is 12.1 Å². The Morgan fingerprint density at radius 1 is 1.06 bits per heavy atom. The van der Waals surface area contributed by atoms with Gasteiger partial charge in [0.15, 0.2) is 17.3 Å². The third-order valence-electron chi connectivity index (χ3n) is 7.35. The van der Waals surface area contributed by atoms with E-state index in [1.54, 1.807) is 41.3 Å². The van der Waals surface area contributed by atoms with E-state index in [2.05, 4.69) is 9.97 Å².